The van der Waals surface area contributed by atoms with Gasteiger partial charge in [0.05, 0.1) is 26.7 Å². The summed E-state index contributed by atoms with van der Waals surface area (Å²) in [7, 11) is 4.83. The Morgan fingerprint density at radius 1 is 0.960 bits per heavy atom. The summed E-state index contributed by atoms with van der Waals surface area (Å²) in [6, 6.07) is 13.4. The Balaban J connectivity index is 1.73. The Morgan fingerprint density at radius 3 is 2.28 bits per heavy atom. The minimum atomic E-state index is -0.469. The highest BCUT2D eigenvalue weighted by molar-refractivity contribution is 5.92. The minimum Gasteiger partial charge on any atom is -0.496 e. The van der Waals surface area contributed by atoms with Crippen LogP contribution in [0.15, 0.2) is 42.5 Å². The first-order valence-corrected chi connectivity index (χ1v) is 8.27. The molecule has 0 aliphatic heterocycles. The molecule has 1 fully saturated rings. The number of hydrogen-bond acceptors (Lipinski definition) is 4. The van der Waals surface area contributed by atoms with Gasteiger partial charge >= 0.3 is 0 Å². The van der Waals surface area contributed by atoms with Gasteiger partial charge in [-0.2, -0.15) is 0 Å². The van der Waals surface area contributed by atoms with E-state index in [1.807, 2.05) is 42.5 Å². The standard InChI is InChI=1S/C20H23NO4/c1-23-16-7-5-4-6-15(16)20(10-11-20)19(22)21-13-14-8-9-17(24-2)18(12-14)25-3/h4-9,12H,10-11,13H2,1-3H3,(H,21,22). The van der Waals surface area contributed by atoms with E-state index in [2.05, 4.69) is 5.32 Å². The number of hydrogen-bond donors (Lipinski definition) is 1. The van der Waals surface area contributed by atoms with Crippen LogP contribution >= 0.6 is 0 Å². The molecule has 132 valence electrons. The first-order valence-electron chi connectivity index (χ1n) is 8.27. The van der Waals surface area contributed by atoms with E-state index in [4.69, 9.17) is 14.2 Å². The van der Waals surface area contributed by atoms with E-state index in [0.29, 0.717) is 18.0 Å². The van der Waals surface area contributed by atoms with E-state index in [1.165, 1.54) is 0 Å². The maximum Gasteiger partial charge on any atom is 0.231 e. The van der Waals surface area contributed by atoms with Crippen LogP contribution < -0.4 is 19.5 Å². The normalized spacial score (nSPS) is 14.5. The van der Waals surface area contributed by atoms with Crippen molar-refractivity contribution < 1.29 is 19.0 Å². The van der Waals surface area contributed by atoms with E-state index in [1.54, 1.807) is 21.3 Å². The number of rotatable bonds is 7. The monoisotopic (exact) mass is 341 g/mol. The second-order valence-corrected chi connectivity index (χ2v) is 6.15. The summed E-state index contributed by atoms with van der Waals surface area (Å²) in [5.74, 6) is 2.12. The molecule has 2 aromatic rings. The second-order valence-electron chi connectivity index (χ2n) is 6.15. The van der Waals surface area contributed by atoms with Crippen LogP contribution in [-0.4, -0.2) is 27.2 Å². The summed E-state index contributed by atoms with van der Waals surface area (Å²) in [5, 5.41) is 3.05. The molecule has 1 amide bonds. The Labute approximate surface area is 147 Å². The SMILES string of the molecule is COc1ccc(CNC(=O)C2(c3ccccc3OC)CC2)cc1OC. The number of benzene rings is 2. The number of nitrogens with one attached hydrogen (secondary N) is 1. The third-order valence-electron chi connectivity index (χ3n) is 4.71. The second kappa shape index (κ2) is 7.05. The molecule has 3 rings (SSSR count). The van der Waals surface area contributed by atoms with E-state index in [-0.39, 0.29) is 5.91 Å². The van der Waals surface area contributed by atoms with Crippen LogP contribution in [0.2, 0.25) is 0 Å². The molecule has 0 bridgehead atoms. The molecule has 1 saturated carbocycles. The molecule has 1 N–H and O–H groups in total. The fourth-order valence-electron chi connectivity index (χ4n) is 3.13. The minimum absolute atomic E-state index is 0.0341. The number of methoxy groups -OCH3 is 3. The zero-order chi connectivity index (χ0) is 17.9. The molecule has 0 saturated heterocycles. The van der Waals surface area contributed by atoms with Crippen LogP contribution in [-0.2, 0) is 16.8 Å². The lowest BCUT2D eigenvalue weighted by Gasteiger charge is -2.19. The summed E-state index contributed by atoms with van der Waals surface area (Å²) in [5.41, 5.74) is 1.45. The molecule has 2 aromatic carbocycles. The van der Waals surface area contributed by atoms with E-state index in [0.717, 1.165) is 29.7 Å². The highest BCUT2D eigenvalue weighted by Gasteiger charge is 2.52. The summed E-state index contributed by atoms with van der Waals surface area (Å²) in [6.45, 7) is 0.441. The molecular formula is C20H23NO4. The lowest BCUT2D eigenvalue weighted by molar-refractivity contribution is -0.123. The van der Waals surface area contributed by atoms with Crippen LogP contribution in [0.3, 0.4) is 0 Å². The number of amides is 1. The first-order chi connectivity index (χ1) is 12.1. The van der Waals surface area contributed by atoms with Gasteiger partial charge in [-0.3, -0.25) is 4.79 Å². The predicted octanol–water partition coefficient (Wildman–Crippen LogP) is 3.06. The molecule has 5 nitrogen and oxygen atoms in total. The van der Waals surface area contributed by atoms with Gasteiger partial charge in [-0.25, -0.2) is 0 Å². The van der Waals surface area contributed by atoms with Gasteiger partial charge in [-0.15, -0.1) is 0 Å². The van der Waals surface area contributed by atoms with E-state index >= 15 is 0 Å². The van der Waals surface area contributed by atoms with Crippen molar-refractivity contribution in [2.75, 3.05) is 21.3 Å². The number of carbonyl (C=O) groups excluding carboxylic acids is 1. The Kier molecular flexibility index (Phi) is 4.83. The molecule has 25 heavy (non-hydrogen) atoms. The molecule has 0 heterocycles. The van der Waals surface area contributed by atoms with Crippen molar-refractivity contribution in [2.45, 2.75) is 24.8 Å². The lowest BCUT2D eigenvalue weighted by atomic mass is 9.94. The summed E-state index contributed by atoms with van der Waals surface area (Å²) < 4.78 is 16.0. The first kappa shape index (κ1) is 17.1. The summed E-state index contributed by atoms with van der Waals surface area (Å²) in [4.78, 5) is 12.8. The van der Waals surface area contributed by atoms with Crippen molar-refractivity contribution in [1.82, 2.24) is 5.32 Å². The topological polar surface area (TPSA) is 56.8 Å². The van der Waals surface area contributed by atoms with Gasteiger partial charge in [0, 0.05) is 12.1 Å². The fourth-order valence-corrected chi connectivity index (χ4v) is 3.13. The van der Waals surface area contributed by atoms with Crippen LogP contribution in [0.4, 0.5) is 0 Å². The van der Waals surface area contributed by atoms with Crippen molar-refractivity contribution >= 4 is 5.91 Å². The maximum atomic E-state index is 12.8. The van der Waals surface area contributed by atoms with Gasteiger partial charge in [-0.05, 0) is 36.6 Å². The highest BCUT2D eigenvalue weighted by atomic mass is 16.5. The zero-order valence-corrected chi connectivity index (χ0v) is 14.8. The van der Waals surface area contributed by atoms with Gasteiger partial charge in [0.15, 0.2) is 11.5 Å². The van der Waals surface area contributed by atoms with E-state index in [9.17, 15) is 4.79 Å². The van der Waals surface area contributed by atoms with E-state index < -0.39 is 5.41 Å². The third-order valence-corrected chi connectivity index (χ3v) is 4.71. The summed E-state index contributed by atoms with van der Waals surface area (Å²) >= 11 is 0. The molecule has 1 aliphatic carbocycles. The molecule has 5 heteroatoms. The smallest absolute Gasteiger partial charge is 0.231 e. The fraction of sp³-hybridized carbons (Fsp3) is 0.350. The quantitative estimate of drug-likeness (QED) is 0.841. The molecule has 0 aromatic heterocycles. The third kappa shape index (κ3) is 3.27. The molecule has 0 spiro atoms. The van der Waals surface area contributed by atoms with Gasteiger partial charge in [0.2, 0.25) is 5.91 Å². The number of para-hydroxylation sites is 1. The van der Waals surface area contributed by atoms with Gasteiger partial charge in [0.25, 0.3) is 0 Å². The van der Waals surface area contributed by atoms with Crippen molar-refractivity contribution in [1.29, 1.82) is 0 Å². The van der Waals surface area contributed by atoms with Crippen LogP contribution in [0.25, 0.3) is 0 Å². The van der Waals surface area contributed by atoms with Crippen molar-refractivity contribution in [2.24, 2.45) is 0 Å². The molecule has 1 aliphatic rings. The van der Waals surface area contributed by atoms with Crippen LogP contribution in [0, 0.1) is 0 Å². The maximum absolute atomic E-state index is 12.8. The Hall–Kier alpha value is -2.69. The average molecular weight is 341 g/mol. The predicted molar refractivity (Wildman–Crippen MR) is 95.3 cm³/mol. The zero-order valence-electron chi connectivity index (χ0n) is 14.8. The number of ether oxygens (including phenoxy) is 3. The molecule has 0 unspecified atom stereocenters. The molecular weight excluding hydrogens is 318 g/mol. The Morgan fingerprint density at radius 2 is 1.64 bits per heavy atom. The van der Waals surface area contributed by atoms with Crippen molar-refractivity contribution in [3.63, 3.8) is 0 Å². The summed E-state index contributed by atoms with van der Waals surface area (Å²) in [6.07, 6.45) is 1.68. The van der Waals surface area contributed by atoms with Crippen molar-refractivity contribution in [3.05, 3.63) is 53.6 Å². The van der Waals surface area contributed by atoms with Crippen LogP contribution in [0.5, 0.6) is 17.2 Å². The van der Waals surface area contributed by atoms with Gasteiger partial charge in [-0.1, -0.05) is 24.3 Å². The van der Waals surface area contributed by atoms with Crippen LogP contribution in [0.1, 0.15) is 24.0 Å². The molecule has 0 radical (unpaired) electrons. The molecule has 0 atom stereocenters. The average Bonchev–Trinajstić information content (AvgIpc) is 3.47. The van der Waals surface area contributed by atoms with Gasteiger partial charge < -0.3 is 19.5 Å². The lowest BCUT2D eigenvalue weighted by Crippen LogP contribution is -2.34. The largest absolute Gasteiger partial charge is 0.496 e. The highest BCUT2D eigenvalue weighted by Crippen LogP contribution is 2.51. The number of carbonyl (C=O) groups is 1. The Bertz CT molecular complexity index is 768. The van der Waals surface area contributed by atoms with Gasteiger partial charge in [0.1, 0.15) is 5.75 Å². The van der Waals surface area contributed by atoms with Crippen molar-refractivity contribution in [3.8, 4) is 17.2 Å².